The van der Waals surface area contributed by atoms with Crippen molar-refractivity contribution in [2.24, 2.45) is 0 Å². The maximum absolute atomic E-state index is 9.97. The van der Waals surface area contributed by atoms with Gasteiger partial charge in [0.15, 0.2) is 22.0 Å². The molecule has 0 bridgehead atoms. The zero-order valence-corrected chi connectivity index (χ0v) is 11.5. The van der Waals surface area contributed by atoms with E-state index in [4.69, 9.17) is 38.8 Å². The number of fused-ring (bicyclic) bond motifs is 1. The molecule has 1 aliphatic heterocycles. The summed E-state index contributed by atoms with van der Waals surface area (Å²) in [5.74, 6) is 0.209. The Morgan fingerprint density at radius 2 is 2.15 bits per heavy atom. The van der Waals surface area contributed by atoms with Crippen LogP contribution in [-0.4, -0.2) is 52.9 Å². The topological polar surface area (TPSA) is 119 Å². The number of rotatable bonds is 2. The molecule has 4 N–H and O–H groups in total. The van der Waals surface area contributed by atoms with Crippen molar-refractivity contribution < 1.29 is 14.9 Å². The SMILES string of the molecule is Nc1ncnc2c1ncn2[C@@H]1O[C@H](CO)C(O)C1(Cl)Cl. The maximum atomic E-state index is 9.97. The molecule has 1 saturated heterocycles. The van der Waals surface area contributed by atoms with E-state index in [0.717, 1.165) is 0 Å². The van der Waals surface area contributed by atoms with Gasteiger partial charge in [-0.05, 0) is 0 Å². The molecule has 3 heterocycles. The number of imidazole rings is 1. The largest absolute Gasteiger partial charge is 0.394 e. The third-order valence-corrected chi connectivity index (χ3v) is 4.02. The predicted molar refractivity (Wildman–Crippen MR) is 71.2 cm³/mol. The molecule has 0 radical (unpaired) electrons. The van der Waals surface area contributed by atoms with E-state index in [0.29, 0.717) is 11.2 Å². The van der Waals surface area contributed by atoms with E-state index in [2.05, 4.69) is 15.0 Å². The van der Waals surface area contributed by atoms with Crippen molar-refractivity contribution in [2.45, 2.75) is 22.8 Å². The minimum absolute atomic E-state index is 0.209. The maximum Gasteiger partial charge on any atom is 0.191 e. The Kier molecular flexibility index (Phi) is 3.22. The first kappa shape index (κ1) is 13.8. The third-order valence-electron chi connectivity index (χ3n) is 3.20. The molecule has 20 heavy (non-hydrogen) atoms. The minimum atomic E-state index is -1.65. The number of hydrogen-bond acceptors (Lipinski definition) is 7. The zero-order chi connectivity index (χ0) is 14.5. The normalized spacial score (nSPS) is 29.1. The van der Waals surface area contributed by atoms with Gasteiger partial charge in [-0.1, -0.05) is 23.2 Å². The van der Waals surface area contributed by atoms with Gasteiger partial charge >= 0.3 is 0 Å². The van der Waals surface area contributed by atoms with E-state index in [9.17, 15) is 5.11 Å². The van der Waals surface area contributed by atoms with E-state index in [-0.39, 0.29) is 5.82 Å². The van der Waals surface area contributed by atoms with Crippen LogP contribution in [0.3, 0.4) is 0 Å². The summed E-state index contributed by atoms with van der Waals surface area (Å²) in [6.45, 7) is -0.414. The van der Waals surface area contributed by atoms with Gasteiger partial charge in [0.25, 0.3) is 0 Å². The Morgan fingerprint density at radius 1 is 1.40 bits per heavy atom. The molecular weight excluding hydrogens is 309 g/mol. The van der Waals surface area contributed by atoms with Crippen LogP contribution in [0.15, 0.2) is 12.7 Å². The quantitative estimate of drug-likeness (QED) is 0.657. The molecule has 10 heteroatoms. The second kappa shape index (κ2) is 4.68. The van der Waals surface area contributed by atoms with Crippen LogP contribution in [0, 0.1) is 0 Å². The van der Waals surface area contributed by atoms with Crippen LogP contribution >= 0.6 is 23.2 Å². The monoisotopic (exact) mass is 319 g/mol. The van der Waals surface area contributed by atoms with Crippen LogP contribution < -0.4 is 5.73 Å². The first-order valence-corrected chi connectivity index (χ1v) is 6.47. The van der Waals surface area contributed by atoms with Crippen LogP contribution in [0.4, 0.5) is 5.82 Å². The summed E-state index contributed by atoms with van der Waals surface area (Å²) in [6.07, 6.45) is -0.442. The first-order valence-electron chi connectivity index (χ1n) is 5.72. The highest BCUT2D eigenvalue weighted by Gasteiger charge is 2.55. The lowest BCUT2D eigenvalue weighted by atomic mass is 10.2. The van der Waals surface area contributed by atoms with Crippen molar-refractivity contribution in [3.05, 3.63) is 12.7 Å². The number of nitrogens with zero attached hydrogens (tertiary/aromatic N) is 4. The molecule has 0 aliphatic carbocycles. The molecule has 0 saturated carbocycles. The Bertz CT molecular complexity index is 649. The van der Waals surface area contributed by atoms with Gasteiger partial charge < -0.3 is 20.7 Å². The molecule has 1 aliphatic rings. The fourth-order valence-corrected chi connectivity index (χ4v) is 2.75. The van der Waals surface area contributed by atoms with Crippen molar-refractivity contribution >= 4 is 40.2 Å². The zero-order valence-electron chi connectivity index (χ0n) is 10.0. The number of ether oxygens (including phenoxy) is 1. The molecule has 3 atom stereocenters. The third kappa shape index (κ3) is 1.84. The van der Waals surface area contributed by atoms with Gasteiger partial charge in [-0.3, -0.25) is 4.57 Å². The molecule has 1 unspecified atom stereocenters. The summed E-state index contributed by atoms with van der Waals surface area (Å²) in [7, 11) is 0. The minimum Gasteiger partial charge on any atom is -0.394 e. The van der Waals surface area contributed by atoms with Crippen LogP contribution in [0.2, 0.25) is 0 Å². The number of aliphatic hydroxyl groups is 2. The van der Waals surface area contributed by atoms with Crippen molar-refractivity contribution in [3.8, 4) is 0 Å². The van der Waals surface area contributed by atoms with Gasteiger partial charge in [0.2, 0.25) is 0 Å². The van der Waals surface area contributed by atoms with Gasteiger partial charge in [-0.2, -0.15) is 0 Å². The number of hydrogen-bond donors (Lipinski definition) is 3. The Morgan fingerprint density at radius 3 is 2.80 bits per heavy atom. The van der Waals surface area contributed by atoms with Crippen LogP contribution in [-0.2, 0) is 4.74 Å². The van der Waals surface area contributed by atoms with Crippen LogP contribution in [0.1, 0.15) is 6.23 Å². The van der Waals surface area contributed by atoms with E-state index < -0.39 is 29.4 Å². The Labute approximate surface area is 123 Å². The van der Waals surface area contributed by atoms with Crippen molar-refractivity contribution in [2.75, 3.05) is 12.3 Å². The van der Waals surface area contributed by atoms with Gasteiger partial charge in [0.05, 0.1) is 12.9 Å². The number of halogens is 2. The molecule has 2 aromatic rings. The number of aliphatic hydroxyl groups excluding tert-OH is 2. The lowest BCUT2D eigenvalue weighted by Gasteiger charge is -2.23. The summed E-state index contributed by atoms with van der Waals surface area (Å²) in [5.41, 5.74) is 6.44. The molecule has 2 aromatic heterocycles. The Balaban J connectivity index is 2.10. The molecule has 8 nitrogen and oxygen atoms in total. The number of alkyl halides is 2. The van der Waals surface area contributed by atoms with Gasteiger partial charge in [-0.25, -0.2) is 15.0 Å². The fraction of sp³-hybridized carbons (Fsp3) is 0.500. The van der Waals surface area contributed by atoms with E-state index in [1.165, 1.54) is 17.2 Å². The lowest BCUT2D eigenvalue weighted by Crippen LogP contribution is -2.37. The smallest absolute Gasteiger partial charge is 0.191 e. The van der Waals surface area contributed by atoms with Crippen molar-refractivity contribution in [1.82, 2.24) is 19.5 Å². The molecule has 108 valence electrons. The molecule has 0 aromatic carbocycles. The van der Waals surface area contributed by atoms with Gasteiger partial charge in [0, 0.05) is 0 Å². The van der Waals surface area contributed by atoms with E-state index in [1.54, 1.807) is 0 Å². The lowest BCUT2D eigenvalue weighted by molar-refractivity contribution is -0.0434. The van der Waals surface area contributed by atoms with Crippen LogP contribution in [0.5, 0.6) is 0 Å². The number of aromatic nitrogens is 4. The fourth-order valence-electron chi connectivity index (χ4n) is 2.16. The molecule has 0 spiro atoms. The average molecular weight is 320 g/mol. The highest BCUT2D eigenvalue weighted by atomic mass is 35.5. The summed E-state index contributed by atoms with van der Waals surface area (Å²) in [4.78, 5) is 12.0. The second-order valence-electron chi connectivity index (χ2n) is 4.41. The van der Waals surface area contributed by atoms with E-state index in [1.807, 2.05) is 0 Å². The predicted octanol–water partition coefficient (Wildman–Crippen LogP) is -0.167. The van der Waals surface area contributed by atoms with Crippen molar-refractivity contribution in [1.29, 1.82) is 0 Å². The number of nitrogens with two attached hydrogens (primary N) is 1. The highest BCUT2D eigenvalue weighted by Crippen LogP contribution is 2.47. The average Bonchev–Trinajstić information content (AvgIpc) is 2.92. The second-order valence-corrected chi connectivity index (χ2v) is 5.86. The summed E-state index contributed by atoms with van der Waals surface area (Å²) in [5, 5.41) is 19.1. The van der Waals surface area contributed by atoms with E-state index >= 15 is 0 Å². The molecular formula is C10H11Cl2N5O3. The molecule has 3 rings (SSSR count). The number of nitrogen functional groups attached to an aromatic ring is 1. The molecule has 1 fully saturated rings. The Hall–Kier alpha value is -1.19. The standard InChI is InChI=1S/C10H11Cl2N5O3/c11-10(12)6(19)4(1-18)20-9(10)17-3-16-5-7(13)14-2-15-8(5)17/h2-4,6,9,18-19H,1H2,(H2,13,14,15)/t4-,6?,9-/m1/s1. The van der Waals surface area contributed by atoms with Crippen LogP contribution in [0.25, 0.3) is 11.2 Å². The first-order chi connectivity index (χ1) is 9.46. The summed E-state index contributed by atoms with van der Waals surface area (Å²) >= 11 is 12.3. The number of anilines is 1. The highest BCUT2D eigenvalue weighted by molar-refractivity contribution is 6.49. The summed E-state index contributed by atoms with van der Waals surface area (Å²) in [6, 6.07) is 0. The van der Waals surface area contributed by atoms with Gasteiger partial charge in [0.1, 0.15) is 24.1 Å². The molecule has 0 amide bonds. The van der Waals surface area contributed by atoms with Gasteiger partial charge in [-0.15, -0.1) is 0 Å². The summed E-state index contributed by atoms with van der Waals surface area (Å²) < 4.78 is 5.29. The van der Waals surface area contributed by atoms with Crippen molar-refractivity contribution in [3.63, 3.8) is 0 Å².